The monoisotopic (exact) mass is 268 g/mol. The lowest BCUT2D eigenvalue weighted by Crippen LogP contribution is -2.30. The highest BCUT2D eigenvalue weighted by Crippen LogP contribution is 2.38. The molecule has 1 aromatic rings. The lowest BCUT2D eigenvalue weighted by atomic mass is 10.4. The predicted molar refractivity (Wildman–Crippen MR) is 70.8 cm³/mol. The molecule has 1 aliphatic carbocycles. The van der Waals surface area contributed by atoms with Crippen molar-refractivity contribution in [1.82, 2.24) is 15.3 Å². The lowest BCUT2D eigenvalue weighted by Gasteiger charge is -2.07. The molecule has 2 N–H and O–H groups in total. The number of nitrogens with zero attached hydrogens (tertiary/aromatic N) is 2. The lowest BCUT2D eigenvalue weighted by molar-refractivity contribution is -0.119. The number of anilines is 1. The molecular weight excluding hydrogens is 252 g/mol. The van der Waals surface area contributed by atoms with Gasteiger partial charge in [0, 0.05) is 18.5 Å². The second-order valence-electron chi connectivity index (χ2n) is 4.41. The van der Waals surface area contributed by atoms with Crippen molar-refractivity contribution >= 4 is 23.3 Å². The Kier molecular flexibility index (Phi) is 4.36. The van der Waals surface area contributed by atoms with Crippen LogP contribution in [-0.2, 0) is 4.79 Å². The molecule has 0 spiro atoms. The van der Waals surface area contributed by atoms with Crippen molar-refractivity contribution in [1.29, 1.82) is 0 Å². The summed E-state index contributed by atoms with van der Waals surface area (Å²) in [5.74, 6) is 1.79. The zero-order valence-corrected chi connectivity index (χ0v) is 11.1. The molecule has 18 heavy (non-hydrogen) atoms. The first kappa shape index (κ1) is 13.1. The highest BCUT2D eigenvalue weighted by Gasteiger charge is 2.27. The Morgan fingerprint density at radius 2 is 2.28 bits per heavy atom. The van der Waals surface area contributed by atoms with Gasteiger partial charge in [0.25, 0.3) is 0 Å². The molecule has 2 rings (SSSR count). The van der Waals surface area contributed by atoms with Gasteiger partial charge < -0.3 is 10.6 Å². The van der Waals surface area contributed by atoms with Crippen LogP contribution < -0.4 is 10.6 Å². The maximum atomic E-state index is 11.4. The Morgan fingerprint density at radius 1 is 1.50 bits per heavy atom. The van der Waals surface area contributed by atoms with Crippen LogP contribution >= 0.6 is 11.6 Å². The average Bonchev–Trinajstić information content (AvgIpc) is 3.17. The number of carbonyl (C=O) groups is 1. The third kappa shape index (κ3) is 3.84. The molecule has 1 saturated carbocycles. The zero-order chi connectivity index (χ0) is 13.0. The fourth-order valence-electron chi connectivity index (χ4n) is 1.55. The van der Waals surface area contributed by atoms with E-state index in [9.17, 15) is 4.79 Å². The number of hydrogen-bond acceptors (Lipinski definition) is 4. The average molecular weight is 269 g/mol. The van der Waals surface area contributed by atoms with E-state index >= 15 is 0 Å². The van der Waals surface area contributed by atoms with Crippen molar-refractivity contribution in [2.75, 3.05) is 18.4 Å². The summed E-state index contributed by atoms with van der Waals surface area (Å²) in [5.41, 5.74) is 0. The van der Waals surface area contributed by atoms with E-state index < -0.39 is 0 Å². The molecule has 1 heterocycles. The first-order valence-corrected chi connectivity index (χ1v) is 6.62. The highest BCUT2D eigenvalue weighted by atomic mass is 35.5. The Morgan fingerprint density at radius 3 is 2.94 bits per heavy atom. The van der Waals surface area contributed by atoms with Crippen molar-refractivity contribution in [2.45, 2.75) is 32.1 Å². The second kappa shape index (κ2) is 6.00. The van der Waals surface area contributed by atoms with Gasteiger partial charge in [-0.05, 0) is 19.3 Å². The normalized spacial score (nSPS) is 14.3. The summed E-state index contributed by atoms with van der Waals surface area (Å²) in [5, 5.41) is 6.18. The van der Waals surface area contributed by atoms with Crippen LogP contribution in [0.4, 0.5) is 5.82 Å². The number of nitrogens with one attached hydrogen (secondary N) is 2. The first-order valence-electron chi connectivity index (χ1n) is 6.24. The number of halogens is 1. The molecule has 0 aromatic carbocycles. The Labute approximate surface area is 111 Å². The molecule has 0 unspecified atom stereocenters. The largest absolute Gasteiger partial charge is 0.361 e. The van der Waals surface area contributed by atoms with Gasteiger partial charge in [0.1, 0.15) is 16.8 Å². The number of amides is 1. The topological polar surface area (TPSA) is 66.9 Å². The van der Waals surface area contributed by atoms with Gasteiger partial charge in [0.2, 0.25) is 5.91 Å². The Balaban J connectivity index is 1.90. The molecule has 98 valence electrons. The minimum absolute atomic E-state index is 0.0421. The summed E-state index contributed by atoms with van der Waals surface area (Å²) in [6, 6.07) is 1.64. The number of aromatic nitrogens is 2. The summed E-state index contributed by atoms with van der Waals surface area (Å²) in [6.07, 6.45) is 3.17. The minimum atomic E-state index is -0.0421. The van der Waals surface area contributed by atoms with Crippen molar-refractivity contribution < 1.29 is 4.79 Å². The van der Waals surface area contributed by atoms with Crippen molar-refractivity contribution in [2.24, 2.45) is 0 Å². The van der Waals surface area contributed by atoms with E-state index in [2.05, 4.69) is 20.6 Å². The number of rotatable bonds is 6. The van der Waals surface area contributed by atoms with Gasteiger partial charge in [-0.15, -0.1) is 0 Å². The standard InChI is InChI=1S/C12H17ClN4O/c1-2-5-14-11(18)7-15-10-6-9(13)16-12(17-10)8-3-4-8/h6,8H,2-5,7H2,1H3,(H,14,18)(H,15,16,17). The molecule has 5 nitrogen and oxygen atoms in total. The summed E-state index contributed by atoms with van der Waals surface area (Å²) >= 11 is 5.93. The van der Waals surface area contributed by atoms with Crippen LogP contribution in [0.1, 0.15) is 37.9 Å². The smallest absolute Gasteiger partial charge is 0.239 e. The summed E-state index contributed by atoms with van der Waals surface area (Å²) in [6.45, 7) is 2.91. The van der Waals surface area contributed by atoms with E-state index in [1.165, 1.54) is 0 Å². The quantitative estimate of drug-likeness (QED) is 0.774. The highest BCUT2D eigenvalue weighted by molar-refractivity contribution is 6.29. The van der Waals surface area contributed by atoms with Gasteiger partial charge in [-0.25, -0.2) is 9.97 Å². The zero-order valence-electron chi connectivity index (χ0n) is 10.4. The van der Waals surface area contributed by atoms with Crippen LogP contribution in [0, 0.1) is 0 Å². The van der Waals surface area contributed by atoms with Crippen LogP contribution in [0.2, 0.25) is 5.15 Å². The first-order chi connectivity index (χ1) is 8.69. The molecule has 0 aliphatic heterocycles. The third-order valence-corrected chi connectivity index (χ3v) is 2.85. The second-order valence-corrected chi connectivity index (χ2v) is 4.80. The fraction of sp³-hybridized carbons (Fsp3) is 0.583. The molecule has 6 heteroatoms. The Hall–Kier alpha value is -1.36. The molecule has 0 bridgehead atoms. The van der Waals surface area contributed by atoms with Gasteiger partial charge in [-0.1, -0.05) is 18.5 Å². The van der Waals surface area contributed by atoms with Gasteiger partial charge >= 0.3 is 0 Å². The number of carbonyl (C=O) groups excluding carboxylic acids is 1. The van der Waals surface area contributed by atoms with Crippen LogP contribution in [0.15, 0.2) is 6.07 Å². The van der Waals surface area contributed by atoms with Crippen LogP contribution in [0.25, 0.3) is 0 Å². The van der Waals surface area contributed by atoms with Gasteiger partial charge in [-0.2, -0.15) is 0 Å². The van der Waals surface area contributed by atoms with Crippen molar-refractivity contribution in [3.8, 4) is 0 Å². The van der Waals surface area contributed by atoms with Crippen LogP contribution in [0.5, 0.6) is 0 Å². The van der Waals surface area contributed by atoms with E-state index in [-0.39, 0.29) is 12.5 Å². The summed E-state index contributed by atoms with van der Waals surface area (Å²) < 4.78 is 0. The molecule has 1 aromatic heterocycles. The van der Waals surface area contributed by atoms with E-state index in [4.69, 9.17) is 11.6 Å². The van der Waals surface area contributed by atoms with Gasteiger partial charge in [0.05, 0.1) is 6.54 Å². The molecule has 1 fully saturated rings. The van der Waals surface area contributed by atoms with E-state index in [0.29, 0.717) is 23.4 Å². The molecule has 1 amide bonds. The summed E-state index contributed by atoms with van der Waals surface area (Å²) in [7, 11) is 0. The summed E-state index contributed by atoms with van der Waals surface area (Å²) in [4.78, 5) is 20.0. The van der Waals surface area contributed by atoms with E-state index in [1.807, 2.05) is 6.92 Å². The van der Waals surface area contributed by atoms with Crippen LogP contribution in [0.3, 0.4) is 0 Å². The molecule has 0 atom stereocenters. The molecule has 0 radical (unpaired) electrons. The SMILES string of the molecule is CCCNC(=O)CNc1cc(Cl)nc(C2CC2)n1. The molecule has 0 saturated heterocycles. The van der Waals surface area contributed by atoms with Crippen LogP contribution in [-0.4, -0.2) is 29.0 Å². The predicted octanol–water partition coefficient (Wildman–Crippen LogP) is 1.95. The molecular formula is C12H17ClN4O. The number of hydrogen-bond donors (Lipinski definition) is 2. The minimum Gasteiger partial charge on any atom is -0.361 e. The maximum Gasteiger partial charge on any atom is 0.239 e. The molecule has 1 aliphatic rings. The third-order valence-electron chi connectivity index (χ3n) is 2.66. The van der Waals surface area contributed by atoms with Crippen molar-refractivity contribution in [3.63, 3.8) is 0 Å². The van der Waals surface area contributed by atoms with E-state index in [1.54, 1.807) is 6.07 Å². The maximum absolute atomic E-state index is 11.4. The van der Waals surface area contributed by atoms with Crippen molar-refractivity contribution in [3.05, 3.63) is 17.0 Å². The Bertz CT molecular complexity index is 434. The van der Waals surface area contributed by atoms with E-state index in [0.717, 1.165) is 25.1 Å². The fourth-order valence-corrected chi connectivity index (χ4v) is 1.74. The van der Waals surface area contributed by atoms with Gasteiger partial charge in [0.15, 0.2) is 0 Å². The van der Waals surface area contributed by atoms with Gasteiger partial charge in [-0.3, -0.25) is 4.79 Å².